The first-order valence-electron chi connectivity index (χ1n) is 11.0. The van der Waals surface area contributed by atoms with E-state index < -0.39 is 6.35 Å². The molecular formula is C22H27FN8OS. The summed E-state index contributed by atoms with van der Waals surface area (Å²) >= 11 is 1.59. The fraction of sp³-hybridized carbons (Fsp3) is 0.455. The molecule has 0 bridgehead atoms. The molecule has 5 heterocycles. The highest BCUT2D eigenvalue weighted by atomic mass is 32.1. The highest BCUT2D eigenvalue weighted by Gasteiger charge is 2.35. The maximum Gasteiger partial charge on any atom is 0.202 e. The van der Waals surface area contributed by atoms with Crippen molar-refractivity contribution in [1.29, 1.82) is 0 Å². The van der Waals surface area contributed by atoms with Crippen LogP contribution < -0.4 is 4.90 Å². The zero-order valence-electron chi connectivity index (χ0n) is 18.9. The smallest absolute Gasteiger partial charge is 0.202 e. The van der Waals surface area contributed by atoms with E-state index in [4.69, 9.17) is 0 Å². The fourth-order valence-corrected chi connectivity index (χ4v) is 5.32. The Kier molecular flexibility index (Phi) is 5.85. The van der Waals surface area contributed by atoms with Crippen LogP contribution in [-0.2, 0) is 7.05 Å². The number of piperazine rings is 1. The summed E-state index contributed by atoms with van der Waals surface area (Å²) in [4.78, 5) is 13.1. The van der Waals surface area contributed by atoms with Crippen molar-refractivity contribution in [2.24, 2.45) is 12.1 Å². The van der Waals surface area contributed by atoms with Gasteiger partial charge in [-0.15, -0.1) is 11.3 Å². The van der Waals surface area contributed by atoms with Gasteiger partial charge in [0.05, 0.1) is 17.6 Å². The lowest BCUT2D eigenvalue weighted by atomic mass is 10.2. The summed E-state index contributed by atoms with van der Waals surface area (Å²) in [6, 6.07) is 3.09. The van der Waals surface area contributed by atoms with Gasteiger partial charge in [0.2, 0.25) is 6.35 Å². The second-order valence-electron chi connectivity index (χ2n) is 8.43. The molecule has 0 amide bonds. The molecule has 2 aliphatic rings. The molecule has 5 rings (SSSR count). The van der Waals surface area contributed by atoms with E-state index in [-0.39, 0.29) is 11.9 Å². The zero-order chi connectivity index (χ0) is 23.1. The van der Waals surface area contributed by atoms with E-state index >= 15 is 0 Å². The number of hydrogen-bond acceptors (Lipinski definition) is 9. The lowest BCUT2D eigenvalue weighted by Crippen LogP contribution is -2.55. The van der Waals surface area contributed by atoms with E-state index in [0.29, 0.717) is 37.7 Å². The minimum Gasteiger partial charge on any atom is -0.360 e. The molecule has 1 N–H and O–H groups in total. The van der Waals surface area contributed by atoms with Crippen molar-refractivity contribution in [1.82, 2.24) is 29.7 Å². The Hall–Kier alpha value is -2.89. The van der Waals surface area contributed by atoms with Crippen LogP contribution in [0.2, 0.25) is 0 Å². The molecule has 0 radical (unpaired) electrons. The maximum atomic E-state index is 14.7. The average Bonchev–Trinajstić information content (AvgIpc) is 3.54. The monoisotopic (exact) mass is 470 g/mol. The number of rotatable bonds is 5. The van der Waals surface area contributed by atoms with Gasteiger partial charge in [0.25, 0.3) is 0 Å². The summed E-state index contributed by atoms with van der Waals surface area (Å²) in [5, 5.41) is 24.4. The number of hydrogen-bond donors (Lipinski definition) is 1. The van der Waals surface area contributed by atoms with Crippen LogP contribution in [0.1, 0.15) is 28.7 Å². The second-order valence-corrected chi connectivity index (χ2v) is 9.32. The first-order valence-corrected chi connectivity index (χ1v) is 11.9. The molecule has 33 heavy (non-hydrogen) atoms. The number of pyridine rings is 1. The van der Waals surface area contributed by atoms with Gasteiger partial charge in [-0.25, -0.2) is 19.4 Å². The van der Waals surface area contributed by atoms with Crippen molar-refractivity contribution in [2.45, 2.75) is 32.7 Å². The highest BCUT2D eigenvalue weighted by molar-refractivity contribution is 7.09. The second kappa shape index (κ2) is 8.81. The van der Waals surface area contributed by atoms with Gasteiger partial charge in [-0.3, -0.25) is 9.58 Å². The van der Waals surface area contributed by atoms with Crippen molar-refractivity contribution < 1.29 is 9.50 Å². The molecule has 1 fully saturated rings. The molecule has 9 nitrogen and oxygen atoms in total. The molecule has 2 unspecified atom stereocenters. The molecule has 0 spiro atoms. The third-order valence-corrected chi connectivity index (χ3v) is 7.22. The van der Waals surface area contributed by atoms with E-state index in [0.717, 1.165) is 28.4 Å². The SMILES string of the molecule is Cc1csc(C2CC=NN2C(O)N2CCN(c3nc(-c4c(C)cnn4C)ccc3F)CC2)n1. The largest absolute Gasteiger partial charge is 0.360 e. The number of hydrazone groups is 1. The Morgan fingerprint density at radius 1 is 1.15 bits per heavy atom. The Balaban J connectivity index is 1.28. The molecule has 2 atom stereocenters. The van der Waals surface area contributed by atoms with Gasteiger partial charge in [-0.1, -0.05) is 0 Å². The van der Waals surface area contributed by atoms with E-state index in [1.165, 1.54) is 6.07 Å². The minimum atomic E-state index is -0.860. The van der Waals surface area contributed by atoms with Crippen LogP contribution in [0.15, 0.2) is 28.8 Å². The van der Waals surface area contributed by atoms with Crippen LogP contribution in [0.4, 0.5) is 10.2 Å². The zero-order valence-corrected chi connectivity index (χ0v) is 19.7. The Morgan fingerprint density at radius 3 is 2.61 bits per heavy atom. The maximum absolute atomic E-state index is 14.7. The van der Waals surface area contributed by atoms with E-state index in [1.807, 2.05) is 42.3 Å². The molecule has 0 aromatic carbocycles. The lowest BCUT2D eigenvalue weighted by molar-refractivity contribution is -0.126. The van der Waals surface area contributed by atoms with Crippen molar-refractivity contribution in [2.75, 3.05) is 31.1 Å². The predicted octanol–water partition coefficient (Wildman–Crippen LogP) is 2.53. The third kappa shape index (κ3) is 4.11. The van der Waals surface area contributed by atoms with Crippen LogP contribution >= 0.6 is 11.3 Å². The standard InChI is InChI=1S/C22H27FN8OS/c1-14-12-25-28(3)19(14)17-5-4-16(23)20(27-17)29-8-10-30(11-9-29)22(32)31-18(6-7-24-31)21-26-15(2)13-33-21/h4-5,7,12-13,18,22,32H,6,8-11H2,1-3H3. The molecule has 174 valence electrons. The van der Waals surface area contributed by atoms with Crippen molar-refractivity contribution in [3.8, 4) is 11.4 Å². The normalized spacial score (nSPS) is 20.1. The van der Waals surface area contributed by atoms with Gasteiger partial charge in [0.1, 0.15) is 11.0 Å². The van der Waals surface area contributed by atoms with Gasteiger partial charge in [-0.05, 0) is 31.5 Å². The summed E-state index contributed by atoms with van der Waals surface area (Å²) in [5.41, 5.74) is 3.54. The van der Waals surface area contributed by atoms with Gasteiger partial charge in [0.15, 0.2) is 11.6 Å². The van der Waals surface area contributed by atoms with Crippen LogP contribution in [0.25, 0.3) is 11.4 Å². The first-order chi connectivity index (χ1) is 15.9. The number of aliphatic hydroxyl groups excluding tert-OH is 1. The number of anilines is 1. The minimum absolute atomic E-state index is 0.0605. The lowest BCUT2D eigenvalue weighted by Gasteiger charge is -2.41. The van der Waals surface area contributed by atoms with Crippen LogP contribution in [0, 0.1) is 19.7 Å². The van der Waals surface area contributed by atoms with Gasteiger partial charge in [-0.2, -0.15) is 10.2 Å². The van der Waals surface area contributed by atoms with Crippen molar-refractivity contribution >= 4 is 23.4 Å². The van der Waals surface area contributed by atoms with Crippen LogP contribution in [-0.4, -0.2) is 73.5 Å². The number of aliphatic hydroxyl groups is 1. The number of nitrogens with zero attached hydrogens (tertiary/aromatic N) is 8. The Morgan fingerprint density at radius 2 is 1.94 bits per heavy atom. The van der Waals surface area contributed by atoms with E-state index in [2.05, 4.69) is 20.2 Å². The Labute approximate surface area is 195 Å². The van der Waals surface area contributed by atoms with Gasteiger partial charge in [0, 0.05) is 56.9 Å². The summed E-state index contributed by atoms with van der Waals surface area (Å²) in [6.07, 6.45) is 3.47. The number of aromatic nitrogens is 4. The van der Waals surface area contributed by atoms with Crippen LogP contribution in [0.5, 0.6) is 0 Å². The van der Waals surface area contributed by atoms with Gasteiger partial charge < -0.3 is 10.0 Å². The molecular weight excluding hydrogens is 443 g/mol. The first kappa shape index (κ1) is 21.9. The molecule has 3 aromatic heterocycles. The van der Waals surface area contributed by atoms with Crippen LogP contribution in [0.3, 0.4) is 0 Å². The summed E-state index contributed by atoms with van der Waals surface area (Å²) < 4.78 is 16.5. The number of halogens is 1. The third-order valence-electron chi connectivity index (χ3n) is 6.15. The van der Waals surface area contributed by atoms with Crippen molar-refractivity contribution in [3.05, 3.63) is 45.8 Å². The summed E-state index contributed by atoms with van der Waals surface area (Å²) in [7, 11) is 1.86. The number of thiazole rings is 1. The topological polar surface area (TPSA) is 85.9 Å². The van der Waals surface area contributed by atoms with Crippen molar-refractivity contribution in [3.63, 3.8) is 0 Å². The molecule has 0 saturated carbocycles. The predicted molar refractivity (Wildman–Crippen MR) is 125 cm³/mol. The molecule has 0 aliphatic carbocycles. The van der Waals surface area contributed by atoms with E-state index in [9.17, 15) is 9.50 Å². The summed E-state index contributed by atoms with van der Waals surface area (Å²) in [5.74, 6) is -0.0199. The quantitative estimate of drug-likeness (QED) is 0.613. The average molecular weight is 471 g/mol. The molecule has 11 heteroatoms. The van der Waals surface area contributed by atoms with E-state index in [1.54, 1.807) is 33.3 Å². The molecule has 1 saturated heterocycles. The highest BCUT2D eigenvalue weighted by Crippen LogP contribution is 2.33. The molecule has 2 aliphatic heterocycles. The number of aryl methyl sites for hydroxylation is 3. The Bertz CT molecular complexity index is 1150. The fourth-order valence-electron chi connectivity index (χ4n) is 4.42. The summed E-state index contributed by atoms with van der Waals surface area (Å²) in [6.45, 7) is 6.16. The molecule has 3 aromatic rings. The van der Waals surface area contributed by atoms with Gasteiger partial charge >= 0.3 is 0 Å².